The number of benzene rings is 1. The van der Waals surface area contributed by atoms with E-state index in [1.165, 1.54) is 31.7 Å². The Balaban J connectivity index is 1.86. The van der Waals surface area contributed by atoms with Crippen LogP contribution >= 0.6 is 11.6 Å². The molecule has 1 heterocycles. The summed E-state index contributed by atoms with van der Waals surface area (Å²) in [5.74, 6) is 1.75. The van der Waals surface area contributed by atoms with E-state index in [0.29, 0.717) is 16.9 Å². The minimum Gasteiger partial charge on any atom is -0.316 e. The maximum Gasteiger partial charge on any atom is 0.124 e. The maximum atomic E-state index is 13.2. The molecule has 3 rings (SSSR count). The first-order valence-corrected chi connectivity index (χ1v) is 7.79. The molecule has 1 saturated heterocycles. The Bertz CT molecular complexity index is 442. The van der Waals surface area contributed by atoms with Crippen molar-refractivity contribution in [2.24, 2.45) is 11.8 Å². The smallest absolute Gasteiger partial charge is 0.124 e. The van der Waals surface area contributed by atoms with Gasteiger partial charge in [-0.15, -0.1) is 0 Å². The van der Waals surface area contributed by atoms with Crippen LogP contribution in [0, 0.1) is 17.7 Å². The van der Waals surface area contributed by atoms with E-state index in [-0.39, 0.29) is 5.82 Å². The SMILES string of the molecule is Fc1ccc(C2CCNCC2C2CCCC2)c(Cl)c1. The van der Waals surface area contributed by atoms with Crippen molar-refractivity contribution < 1.29 is 4.39 Å². The number of nitrogens with one attached hydrogen (secondary N) is 1. The first-order chi connectivity index (χ1) is 9.25. The minimum atomic E-state index is -0.236. The Kier molecular flexibility index (Phi) is 4.09. The van der Waals surface area contributed by atoms with Crippen molar-refractivity contribution in [1.29, 1.82) is 0 Å². The Hall–Kier alpha value is -0.600. The highest BCUT2D eigenvalue weighted by molar-refractivity contribution is 6.31. The van der Waals surface area contributed by atoms with Gasteiger partial charge in [-0.3, -0.25) is 0 Å². The van der Waals surface area contributed by atoms with Crippen molar-refractivity contribution in [2.45, 2.75) is 38.0 Å². The largest absolute Gasteiger partial charge is 0.316 e. The summed E-state index contributed by atoms with van der Waals surface area (Å²) in [5.41, 5.74) is 1.15. The quantitative estimate of drug-likeness (QED) is 0.849. The van der Waals surface area contributed by atoms with Gasteiger partial charge < -0.3 is 5.32 Å². The monoisotopic (exact) mass is 281 g/mol. The zero-order chi connectivity index (χ0) is 13.2. The fraction of sp³-hybridized carbons (Fsp3) is 0.625. The molecule has 0 radical (unpaired) electrons. The summed E-state index contributed by atoms with van der Waals surface area (Å²) in [4.78, 5) is 0. The van der Waals surface area contributed by atoms with Crippen molar-refractivity contribution in [1.82, 2.24) is 5.32 Å². The van der Waals surface area contributed by atoms with Gasteiger partial charge in [-0.2, -0.15) is 0 Å². The van der Waals surface area contributed by atoms with E-state index in [0.717, 1.165) is 31.0 Å². The molecule has 104 valence electrons. The molecular weight excluding hydrogens is 261 g/mol. The molecule has 1 aromatic rings. The van der Waals surface area contributed by atoms with Crippen LogP contribution in [0.3, 0.4) is 0 Å². The van der Waals surface area contributed by atoms with Crippen molar-refractivity contribution in [2.75, 3.05) is 13.1 Å². The van der Waals surface area contributed by atoms with E-state index in [4.69, 9.17) is 11.6 Å². The fourth-order valence-corrected chi connectivity index (χ4v) is 4.26. The second-order valence-electron chi connectivity index (χ2n) is 5.97. The highest BCUT2D eigenvalue weighted by Crippen LogP contribution is 2.43. The molecule has 2 atom stereocenters. The van der Waals surface area contributed by atoms with Gasteiger partial charge in [0.2, 0.25) is 0 Å². The van der Waals surface area contributed by atoms with Gasteiger partial charge in [-0.05, 0) is 55.0 Å². The van der Waals surface area contributed by atoms with Gasteiger partial charge in [0, 0.05) is 5.02 Å². The molecular formula is C16H21ClFN. The molecule has 2 fully saturated rings. The Morgan fingerprint density at radius 3 is 2.68 bits per heavy atom. The van der Waals surface area contributed by atoms with Crippen LogP contribution in [0.2, 0.25) is 5.02 Å². The van der Waals surface area contributed by atoms with Gasteiger partial charge in [0.15, 0.2) is 0 Å². The summed E-state index contributed by atoms with van der Waals surface area (Å²) in [6.07, 6.45) is 6.55. The second kappa shape index (κ2) is 5.80. The van der Waals surface area contributed by atoms with E-state index in [1.54, 1.807) is 6.07 Å². The van der Waals surface area contributed by atoms with Gasteiger partial charge in [-0.1, -0.05) is 43.4 Å². The molecule has 1 saturated carbocycles. The third-order valence-corrected chi connectivity index (χ3v) is 5.22. The molecule has 1 aliphatic heterocycles. The molecule has 0 amide bonds. The Morgan fingerprint density at radius 2 is 1.95 bits per heavy atom. The molecule has 1 aliphatic carbocycles. The van der Waals surface area contributed by atoms with Crippen molar-refractivity contribution in [3.63, 3.8) is 0 Å². The van der Waals surface area contributed by atoms with Crippen LogP contribution in [0.4, 0.5) is 4.39 Å². The zero-order valence-corrected chi connectivity index (χ0v) is 11.9. The Labute approximate surface area is 119 Å². The van der Waals surface area contributed by atoms with Gasteiger partial charge in [0.05, 0.1) is 0 Å². The second-order valence-corrected chi connectivity index (χ2v) is 6.38. The summed E-state index contributed by atoms with van der Waals surface area (Å²) in [5, 5.41) is 4.13. The highest BCUT2D eigenvalue weighted by Gasteiger charge is 2.34. The van der Waals surface area contributed by atoms with Gasteiger partial charge in [0.25, 0.3) is 0 Å². The number of hydrogen-bond acceptors (Lipinski definition) is 1. The molecule has 1 aromatic carbocycles. The summed E-state index contributed by atoms with van der Waals surface area (Å²) in [6, 6.07) is 4.91. The third-order valence-electron chi connectivity index (χ3n) is 4.90. The van der Waals surface area contributed by atoms with Crippen molar-refractivity contribution >= 4 is 11.6 Å². The standard InChI is InChI=1S/C16H21ClFN/c17-16-9-12(18)5-6-14(16)13-7-8-19-10-15(13)11-3-1-2-4-11/h5-6,9,11,13,15,19H,1-4,7-8,10H2. The van der Waals surface area contributed by atoms with Crippen LogP contribution in [-0.2, 0) is 0 Å². The lowest BCUT2D eigenvalue weighted by atomic mass is 9.73. The topological polar surface area (TPSA) is 12.0 Å². The van der Waals surface area contributed by atoms with E-state index in [2.05, 4.69) is 5.32 Å². The van der Waals surface area contributed by atoms with E-state index < -0.39 is 0 Å². The van der Waals surface area contributed by atoms with Crippen LogP contribution < -0.4 is 5.32 Å². The lowest BCUT2D eigenvalue weighted by Crippen LogP contribution is -2.38. The lowest BCUT2D eigenvalue weighted by molar-refractivity contribution is 0.231. The van der Waals surface area contributed by atoms with Crippen LogP contribution in [-0.4, -0.2) is 13.1 Å². The number of piperidine rings is 1. The summed E-state index contributed by atoms with van der Waals surface area (Å²) in [6.45, 7) is 2.13. The Morgan fingerprint density at radius 1 is 1.16 bits per heavy atom. The van der Waals surface area contributed by atoms with Crippen LogP contribution in [0.25, 0.3) is 0 Å². The van der Waals surface area contributed by atoms with Crippen molar-refractivity contribution in [3.8, 4) is 0 Å². The van der Waals surface area contributed by atoms with Gasteiger partial charge >= 0.3 is 0 Å². The predicted molar refractivity (Wildman–Crippen MR) is 77.1 cm³/mol. The average Bonchev–Trinajstić information content (AvgIpc) is 2.93. The fourth-order valence-electron chi connectivity index (χ4n) is 3.95. The summed E-state index contributed by atoms with van der Waals surface area (Å²) in [7, 11) is 0. The number of rotatable bonds is 2. The maximum absolute atomic E-state index is 13.2. The zero-order valence-electron chi connectivity index (χ0n) is 11.2. The van der Waals surface area contributed by atoms with E-state index >= 15 is 0 Å². The summed E-state index contributed by atoms with van der Waals surface area (Å²) >= 11 is 6.27. The number of halogens is 2. The van der Waals surface area contributed by atoms with Crippen LogP contribution in [0.15, 0.2) is 18.2 Å². The van der Waals surface area contributed by atoms with E-state index in [1.807, 2.05) is 6.07 Å². The molecule has 1 N–H and O–H groups in total. The van der Waals surface area contributed by atoms with E-state index in [9.17, 15) is 4.39 Å². The van der Waals surface area contributed by atoms with Crippen LogP contribution in [0.5, 0.6) is 0 Å². The molecule has 19 heavy (non-hydrogen) atoms. The molecule has 0 spiro atoms. The minimum absolute atomic E-state index is 0.236. The average molecular weight is 282 g/mol. The van der Waals surface area contributed by atoms with Gasteiger partial charge in [0.1, 0.15) is 5.82 Å². The molecule has 2 unspecified atom stereocenters. The van der Waals surface area contributed by atoms with Gasteiger partial charge in [-0.25, -0.2) is 4.39 Å². The summed E-state index contributed by atoms with van der Waals surface area (Å²) < 4.78 is 13.2. The molecule has 3 heteroatoms. The first kappa shape index (κ1) is 13.4. The predicted octanol–water partition coefficient (Wildman–Crippen LogP) is 4.36. The highest BCUT2D eigenvalue weighted by atomic mass is 35.5. The molecule has 2 aliphatic rings. The third kappa shape index (κ3) is 2.80. The molecule has 0 aromatic heterocycles. The first-order valence-electron chi connectivity index (χ1n) is 7.41. The lowest BCUT2D eigenvalue weighted by Gasteiger charge is -2.37. The normalized spacial score (nSPS) is 28.7. The molecule has 0 bridgehead atoms. The van der Waals surface area contributed by atoms with Crippen molar-refractivity contribution in [3.05, 3.63) is 34.6 Å². The van der Waals surface area contributed by atoms with Crippen LogP contribution in [0.1, 0.15) is 43.6 Å². The molecule has 1 nitrogen and oxygen atoms in total. The number of hydrogen-bond donors (Lipinski definition) is 1.